The zero-order valence-corrected chi connectivity index (χ0v) is 13.3. The van der Waals surface area contributed by atoms with E-state index >= 15 is 0 Å². The van der Waals surface area contributed by atoms with Crippen LogP contribution in [-0.2, 0) is 0 Å². The molecule has 0 amide bonds. The minimum Gasteiger partial charge on any atom is -0.324 e. The minimum atomic E-state index is 0.0601. The molecular formula is C15H21BrClN. The van der Waals surface area contributed by atoms with Gasteiger partial charge in [-0.05, 0) is 54.4 Å². The molecule has 1 saturated carbocycles. The van der Waals surface area contributed by atoms with Crippen molar-refractivity contribution in [3.8, 4) is 0 Å². The van der Waals surface area contributed by atoms with Gasteiger partial charge in [0.25, 0.3) is 0 Å². The van der Waals surface area contributed by atoms with E-state index in [9.17, 15) is 0 Å². The number of benzene rings is 1. The number of nitrogens with two attached hydrogens (primary N) is 1. The molecule has 18 heavy (non-hydrogen) atoms. The molecule has 1 fully saturated rings. The lowest BCUT2D eigenvalue weighted by atomic mass is 9.72. The van der Waals surface area contributed by atoms with Crippen molar-refractivity contribution in [1.82, 2.24) is 0 Å². The summed E-state index contributed by atoms with van der Waals surface area (Å²) in [7, 11) is 0. The summed E-state index contributed by atoms with van der Waals surface area (Å²) in [6.07, 6.45) is 3.71. The highest BCUT2D eigenvalue weighted by Gasteiger charge is 2.29. The molecule has 2 rings (SSSR count). The predicted octanol–water partition coefficient (Wildman–Crippen LogP) is 5.17. The molecule has 0 aromatic heterocycles. The van der Waals surface area contributed by atoms with Crippen molar-refractivity contribution in [2.75, 3.05) is 0 Å². The summed E-state index contributed by atoms with van der Waals surface area (Å²) < 4.78 is 1.05. The van der Waals surface area contributed by atoms with E-state index in [1.807, 2.05) is 12.1 Å². The third-order valence-electron chi connectivity index (χ3n) is 4.46. The van der Waals surface area contributed by atoms with Crippen molar-refractivity contribution in [2.45, 2.75) is 39.2 Å². The molecule has 2 N–H and O–H groups in total. The molecule has 1 nitrogen and oxygen atoms in total. The van der Waals surface area contributed by atoms with E-state index in [2.05, 4.69) is 35.8 Å². The lowest BCUT2D eigenvalue weighted by Crippen LogP contribution is -2.29. The fraction of sp³-hybridized carbons (Fsp3) is 0.600. The van der Waals surface area contributed by atoms with Crippen LogP contribution in [-0.4, -0.2) is 0 Å². The molecular weight excluding hydrogens is 310 g/mol. The Hall–Kier alpha value is -0.0500. The highest BCUT2D eigenvalue weighted by molar-refractivity contribution is 9.10. The lowest BCUT2D eigenvalue weighted by molar-refractivity contribution is 0.186. The summed E-state index contributed by atoms with van der Waals surface area (Å²) in [5.74, 6) is 2.15. The molecule has 100 valence electrons. The quantitative estimate of drug-likeness (QED) is 0.795. The maximum atomic E-state index is 6.44. The Bertz CT molecular complexity index is 421. The van der Waals surface area contributed by atoms with Crippen molar-refractivity contribution in [1.29, 1.82) is 0 Å². The molecule has 0 aliphatic heterocycles. The van der Waals surface area contributed by atoms with E-state index in [1.165, 1.54) is 19.3 Å². The summed E-state index contributed by atoms with van der Waals surface area (Å²) in [6.45, 7) is 4.69. The van der Waals surface area contributed by atoms with Crippen LogP contribution in [0.2, 0.25) is 5.02 Å². The van der Waals surface area contributed by atoms with Crippen LogP contribution >= 0.6 is 27.5 Å². The highest BCUT2D eigenvalue weighted by atomic mass is 79.9. The molecule has 0 saturated heterocycles. The molecule has 1 aromatic rings. The fourth-order valence-corrected chi connectivity index (χ4v) is 3.56. The van der Waals surface area contributed by atoms with Gasteiger partial charge in [0, 0.05) is 15.5 Å². The summed E-state index contributed by atoms with van der Waals surface area (Å²) in [5, 5.41) is 0.789. The molecule has 1 aromatic carbocycles. The molecule has 0 radical (unpaired) electrons. The van der Waals surface area contributed by atoms with Gasteiger partial charge in [0.2, 0.25) is 0 Å². The first-order valence-electron chi connectivity index (χ1n) is 6.69. The van der Waals surface area contributed by atoms with Crippen LogP contribution in [0.5, 0.6) is 0 Å². The van der Waals surface area contributed by atoms with Gasteiger partial charge in [0.15, 0.2) is 0 Å². The average Bonchev–Trinajstić information content (AvgIpc) is 2.35. The SMILES string of the molecule is CC1CCC(C(N)c2cc(Br)ccc2Cl)CC1C. The van der Waals surface area contributed by atoms with Crippen molar-refractivity contribution < 1.29 is 0 Å². The summed E-state index contributed by atoms with van der Waals surface area (Å²) in [6, 6.07) is 6.01. The lowest BCUT2D eigenvalue weighted by Gasteiger charge is -2.35. The average molecular weight is 331 g/mol. The van der Waals surface area contributed by atoms with Crippen LogP contribution in [0.4, 0.5) is 0 Å². The Kier molecular flexibility index (Phi) is 4.74. The van der Waals surface area contributed by atoms with Gasteiger partial charge < -0.3 is 5.73 Å². The fourth-order valence-electron chi connectivity index (χ4n) is 2.94. The number of hydrogen-bond acceptors (Lipinski definition) is 1. The standard InChI is InChI=1S/C15H21BrClN/c1-9-3-4-11(7-10(9)2)15(18)13-8-12(16)5-6-14(13)17/h5-6,8-11,15H,3-4,7,18H2,1-2H3. The summed E-state index contributed by atoms with van der Waals surface area (Å²) in [5.41, 5.74) is 7.52. The molecule has 0 spiro atoms. The second-order valence-corrected chi connectivity index (χ2v) is 7.04. The van der Waals surface area contributed by atoms with Crippen molar-refractivity contribution >= 4 is 27.5 Å². The third kappa shape index (κ3) is 3.09. The molecule has 0 heterocycles. The second kappa shape index (κ2) is 5.94. The maximum absolute atomic E-state index is 6.44. The van der Waals surface area contributed by atoms with Gasteiger partial charge in [-0.2, -0.15) is 0 Å². The van der Waals surface area contributed by atoms with Gasteiger partial charge in [-0.15, -0.1) is 0 Å². The maximum Gasteiger partial charge on any atom is 0.0454 e. The van der Waals surface area contributed by atoms with Gasteiger partial charge in [-0.3, -0.25) is 0 Å². The monoisotopic (exact) mass is 329 g/mol. The smallest absolute Gasteiger partial charge is 0.0454 e. The number of halogens is 2. The van der Waals surface area contributed by atoms with E-state index in [0.717, 1.165) is 26.9 Å². The van der Waals surface area contributed by atoms with Gasteiger partial charge in [0.1, 0.15) is 0 Å². The van der Waals surface area contributed by atoms with Gasteiger partial charge in [0.05, 0.1) is 0 Å². The highest BCUT2D eigenvalue weighted by Crippen LogP contribution is 2.40. The summed E-state index contributed by atoms with van der Waals surface area (Å²) >= 11 is 9.77. The minimum absolute atomic E-state index is 0.0601. The second-order valence-electron chi connectivity index (χ2n) is 5.72. The Morgan fingerprint density at radius 1 is 1.28 bits per heavy atom. The van der Waals surface area contributed by atoms with Gasteiger partial charge in [-0.25, -0.2) is 0 Å². The number of hydrogen-bond donors (Lipinski definition) is 1. The van der Waals surface area contributed by atoms with Crippen LogP contribution in [0.3, 0.4) is 0 Å². The largest absolute Gasteiger partial charge is 0.324 e. The Labute approximate surface area is 123 Å². The van der Waals surface area contributed by atoms with Crippen LogP contribution in [0.1, 0.15) is 44.7 Å². The first kappa shape index (κ1) is 14.4. The Morgan fingerprint density at radius 3 is 2.67 bits per heavy atom. The topological polar surface area (TPSA) is 26.0 Å². The summed E-state index contributed by atoms with van der Waals surface area (Å²) in [4.78, 5) is 0. The van der Waals surface area contributed by atoms with Crippen LogP contribution in [0.15, 0.2) is 22.7 Å². The molecule has 3 heteroatoms. The zero-order chi connectivity index (χ0) is 13.3. The molecule has 4 unspecified atom stereocenters. The number of rotatable bonds is 2. The first-order valence-corrected chi connectivity index (χ1v) is 7.86. The van der Waals surface area contributed by atoms with Gasteiger partial charge in [-0.1, -0.05) is 47.8 Å². The molecule has 0 bridgehead atoms. The van der Waals surface area contributed by atoms with E-state index < -0.39 is 0 Å². The Balaban J connectivity index is 2.16. The van der Waals surface area contributed by atoms with E-state index in [4.69, 9.17) is 17.3 Å². The van der Waals surface area contributed by atoms with E-state index in [0.29, 0.717) is 5.92 Å². The van der Waals surface area contributed by atoms with Crippen molar-refractivity contribution in [3.63, 3.8) is 0 Å². The Morgan fingerprint density at radius 2 is 2.00 bits per heavy atom. The molecule has 4 atom stereocenters. The van der Waals surface area contributed by atoms with Crippen LogP contribution < -0.4 is 5.73 Å². The van der Waals surface area contributed by atoms with Gasteiger partial charge >= 0.3 is 0 Å². The zero-order valence-electron chi connectivity index (χ0n) is 11.0. The molecule has 1 aliphatic rings. The van der Waals surface area contributed by atoms with Crippen LogP contribution in [0, 0.1) is 17.8 Å². The van der Waals surface area contributed by atoms with Crippen molar-refractivity contribution in [2.24, 2.45) is 23.5 Å². The van der Waals surface area contributed by atoms with E-state index in [-0.39, 0.29) is 6.04 Å². The van der Waals surface area contributed by atoms with Crippen LogP contribution in [0.25, 0.3) is 0 Å². The van der Waals surface area contributed by atoms with E-state index in [1.54, 1.807) is 0 Å². The molecule has 1 aliphatic carbocycles. The van der Waals surface area contributed by atoms with Crippen molar-refractivity contribution in [3.05, 3.63) is 33.3 Å². The first-order chi connectivity index (χ1) is 8.49. The normalized spacial score (nSPS) is 30.2. The third-order valence-corrected chi connectivity index (χ3v) is 5.30. The predicted molar refractivity (Wildman–Crippen MR) is 81.7 cm³/mol.